The van der Waals surface area contributed by atoms with E-state index in [9.17, 15) is 4.79 Å². The van der Waals surface area contributed by atoms with Crippen LogP contribution in [0.15, 0.2) is 54.6 Å². The van der Waals surface area contributed by atoms with Gasteiger partial charge in [0.05, 0.1) is 7.11 Å². The van der Waals surface area contributed by atoms with Crippen LogP contribution in [0.1, 0.15) is 12.0 Å². The lowest BCUT2D eigenvalue weighted by Crippen LogP contribution is -2.38. The van der Waals surface area contributed by atoms with Gasteiger partial charge in [0.15, 0.2) is 0 Å². The summed E-state index contributed by atoms with van der Waals surface area (Å²) in [6.45, 7) is 4.32. The Labute approximate surface area is 149 Å². The average molecular weight is 339 g/mol. The molecule has 5 nitrogen and oxygen atoms in total. The summed E-state index contributed by atoms with van der Waals surface area (Å²) in [6.07, 6.45) is 0.984. The molecule has 2 aromatic carbocycles. The highest BCUT2D eigenvalue weighted by Crippen LogP contribution is 2.15. The average Bonchev–Trinajstić information content (AvgIpc) is 2.89. The number of ether oxygens (including phenoxy) is 1. The summed E-state index contributed by atoms with van der Waals surface area (Å²) in [5.41, 5.74) is 2.11. The lowest BCUT2D eigenvalue weighted by atomic mass is 10.2. The maximum absolute atomic E-state index is 12.4. The fraction of sp³-hybridized carbons (Fsp3) is 0.350. The number of urea groups is 1. The second kappa shape index (κ2) is 8.53. The van der Waals surface area contributed by atoms with Gasteiger partial charge >= 0.3 is 6.03 Å². The van der Waals surface area contributed by atoms with Crippen molar-refractivity contribution in [3.63, 3.8) is 0 Å². The van der Waals surface area contributed by atoms with Crippen LogP contribution in [0.2, 0.25) is 0 Å². The Hall–Kier alpha value is -2.53. The molecule has 1 saturated heterocycles. The molecule has 0 saturated carbocycles. The minimum absolute atomic E-state index is 0.0162. The van der Waals surface area contributed by atoms with Gasteiger partial charge in [0.1, 0.15) is 5.75 Å². The minimum Gasteiger partial charge on any atom is -0.497 e. The molecule has 5 heteroatoms. The molecular weight excluding hydrogens is 314 g/mol. The van der Waals surface area contributed by atoms with Gasteiger partial charge in [-0.3, -0.25) is 4.90 Å². The number of anilines is 1. The Balaban J connectivity index is 1.52. The van der Waals surface area contributed by atoms with Crippen LogP contribution in [0.5, 0.6) is 5.75 Å². The fourth-order valence-electron chi connectivity index (χ4n) is 3.05. The van der Waals surface area contributed by atoms with E-state index in [0.29, 0.717) is 0 Å². The first kappa shape index (κ1) is 17.3. The molecule has 0 atom stereocenters. The SMILES string of the molecule is COc1ccc(CN2CCCN(C(=O)Nc3ccccc3)CC2)cc1. The quantitative estimate of drug-likeness (QED) is 0.928. The molecule has 25 heavy (non-hydrogen) atoms. The summed E-state index contributed by atoms with van der Waals surface area (Å²) < 4.78 is 5.20. The number of carbonyl (C=O) groups is 1. The van der Waals surface area contributed by atoms with E-state index >= 15 is 0 Å². The maximum Gasteiger partial charge on any atom is 0.321 e. The standard InChI is InChI=1S/C20H25N3O2/c1-25-19-10-8-17(9-11-19)16-22-12-5-13-23(15-14-22)20(24)21-18-6-3-2-4-7-18/h2-4,6-11H,5,12-16H2,1H3,(H,21,24). The third-order valence-corrected chi connectivity index (χ3v) is 4.47. The highest BCUT2D eigenvalue weighted by atomic mass is 16.5. The van der Waals surface area contributed by atoms with Crippen LogP contribution in [0.3, 0.4) is 0 Å². The number of para-hydroxylation sites is 1. The van der Waals surface area contributed by atoms with Gasteiger partial charge in [-0.25, -0.2) is 4.79 Å². The van der Waals surface area contributed by atoms with Gasteiger partial charge < -0.3 is 15.0 Å². The van der Waals surface area contributed by atoms with E-state index in [-0.39, 0.29) is 6.03 Å². The molecule has 0 aromatic heterocycles. The number of carbonyl (C=O) groups excluding carboxylic acids is 1. The third-order valence-electron chi connectivity index (χ3n) is 4.47. The molecule has 0 bridgehead atoms. The lowest BCUT2D eigenvalue weighted by Gasteiger charge is -2.22. The van der Waals surface area contributed by atoms with Crippen molar-refractivity contribution in [2.24, 2.45) is 0 Å². The Morgan fingerprint density at radius 1 is 1.00 bits per heavy atom. The van der Waals surface area contributed by atoms with Crippen molar-refractivity contribution in [3.05, 3.63) is 60.2 Å². The Morgan fingerprint density at radius 3 is 2.48 bits per heavy atom. The number of nitrogens with zero attached hydrogens (tertiary/aromatic N) is 2. The zero-order chi connectivity index (χ0) is 17.5. The molecule has 2 aromatic rings. The van der Waals surface area contributed by atoms with Crippen LogP contribution in [-0.2, 0) is 6.54 Å². The zero-order valence-corrected chi connectivity index (χ0v) is 14.6. The topological polar surface area (TPSA) is 44.8 Å². The zero-order valence-electron chi connectivity index (χ0n) is 14.6. The Bertz CT molecular complexity index is 673. The van der Waals surface area contributed by atoms with Gasteiger partial charge in [-0.1, -0.05) is 30.3 Å². The predicted octanol–water partition coefficient (Wildman–Crippen LogP) is 3.44. The smallest absolute Gasteiger partial charge is 0.321 e. The molecule has 1 fully saturated rings. The first-order valence-corrected chi connectivity index (χ1v) is 8.71. The van der Waals surface area contributed by atoms with E-state index in [4.69, 9.17) is 4.74 Å². The highest BCUT2D eigenvalue weighted by molar-refractivity contribution is 5.89. The summed E-state index contributed by atoms with van der Waals surface area (Å²) in [7, 11) is 1.68. The predicted molar refractivity (Wildman–Crippen MR) is 99.9 cm³/mol. The molecule has 0 unspecified atom stereocenters. The molecule has 2 amide bonds. The van der Waals surface area contributed by atoms with Gasteiger partial charge in [0.25, 0.3) is 0 Å². The fourth-order valence-corrected chi connectivity index (χ4v) is 3.05. The molecule has 1 aliphatic heterocycles. The highest BCUT2D eigenvalue weighted by Gasteiger charge is 2.19. The summed E-state index contributed by atoms with van der Waals surface area (Å²) >= 11 is 0. The molecule has 0 spiro atoms. The van der Waals surface area contributed by atoms with Crippen LogP contribution < -0.4 is 10.1 Å². The first-order valence-electron chi connectivity index (χ1n) is 8.71. The van der Waals surface area contributed by atoms with Gasteiger partial charge in [-0.2, -0.15) is 0 Å². The Kier molecular flexibility index (Phi) is 5.90. The van der Waals surface area contributed by atoms with Crippen molar-refractivity contribution in [2.45, 2.75) is 13.0 Å². The summed E-state index contributed by atoms with van der Waals surface area (Å²) in [5.74, 6) is 0.878. The number of methoxy groups -OCH3 is 1. The summed E-state index contributed by atoms with van der Waals surface area (Å²) in [6, 6.07) is 17.8. The van der Waals surface area contributed by atoms with Crippen molar-refractivity contribution in [1.29, 1.82) is 0 Å². The molecule has 1 heterocycles. The van der Waals surface area contributed by atoms with Crippen LogP contribution >= 0.6 is 0 Å². The van der Waals surface area contributed by atoms with E-state index in [2.05, 4.69) is 22.3 Å². The van der Waals surface area contributed by atoms with Crippen LogP contribution in [0.4, 0.5) is 10.5 Å². The lowest BCUT2D eigenvalue weighted by molar-refractivity contribution is 0.211. The number of amides is 2. The summed E-state index contributed by atoms with van der Waals surface area (Å²) in [5, 5.41) is 2.97. The normalized spacial score (nSPS) is 15.5. The van der Waals surface area contributed by atoms with E-state index in [1.54, 1.807) is 7.11 Å². The Morgan fingerprint density at radius 2 is 1.76 bits per heavy atom. The molecule has 1 aliphatic rings. The van der Waals surface area contributed by atoms with Crippen LogP contribution in [0.25, 0.3) is 0 Å². The number of benzene rings is 2. The molecule has 1 N–H and O–H groups in total. The van der Waals surface area contributed by atoms with Crippen molar-refractivity contribution in [2.75, 3.05) is 38.6 Å². The van der Waals surface area contributed by atoms with Gasteiger partial charge in [0, 0.05) is 38.4 Å². The summed E-state index contributed by atoms with van der Waals surface area (Å²) in [4.78, 5) is 16.7. The van der Waals surface area contributed by atoms with Crippen LogP contribution in [-0.4, -0.2) is 49.1 Å². The van der Waals surface area contributed by atoms with Crippen LogP contribution in [0, 0.1) is 0 Å². The number of nitrogens with one attached hydrogen (secondary N) is 1. The van der Waals surface area contributed by atoms with Crippen molar-refractivity contribution < 1.29 is 9.53 Å². The van der Waals surface area contributed by atoms with E-state index in [1.165, 1.54) is 5.56 Å². The van der Waals surface area contributed by atoms with Gasteiger partial charge in [-0.15, -0.1) is 0 Å². The maximum atomic E-state index is 12.4. The first-order chi connectivity index (χ1) is 12.2. The van der Waals surface area contributed by atoms with Gasteiger partial charge in [0.2, 0.25) is 0 Å². The third kappa shape index (κ3) is 4.97. The van der Waals surface area contributed by atoms with Crippen molar-refractivity contribution in [1.82, 2.24) is 9.80 Å². The van der Waals surface area contributed by atoms with Crippen molar-refractivity contribution in [3.8, 4) is 5.75 Å². The number of hydrogen-bond donors (Lipinski definition) is 1. The molecule has 0 radical (unpaired) electrons. The largest absolute Gasteiger partial charge is 0.497 e. The molecular formula is C20H25N3O2. The van der Waals surface area contributed by atoms with Gasteiger partial charge in [-0.05, 0) is 36.2 Å². The van der Waals surface area contributed by atoms with E-state index in [0.717, 1.165) is 50.6 Å². The molecule has 3 rings (SSSR count). The second-order valence-corrected chi connectivity index (χ2v) is 6.26. The van der Waals surface area contributed by atoms with Crippen molar-refractivity contribution >= 4 is 11.7 Å². The minimum atomic E-state index is -0.0162. The molecule has 0 aliphatic carbocycles. The number of hydrogen-bond acceptors (Lipinski definition) is 3. The second-order valence-electron chi connectivity index (χ2n) is 6.26. The van der Waals surface area contributed by atoms with E-state index < -0.39 is 0 Å². The number of rotatable bonds is 4. The van der Waals surface area contributed by atoms with E-state index in [1.807, 2.05) is 47.4 Å². The molecule has 132 valence electrons. The monoisotopic (exact) mass is 339 g/mol.